The number of piperidine rings is 1. The summed E-state index contributed by atoms with van der Waals surface area (Å²) in [4.78, 5) is 34.9. The van der Waals surface area contributed by atoms with Crippen LogP contribution in [0.15, 0.2) is 64.4 Å². The standard InChI is InChI=1S/C25H22ClN3O3S/c1-28(25(31)22-7-4-14-33-22)20-6-3-2-5-18(20)24(30)29-12-10-16(11-13-29)23-27-19-15-17(26)8-9-21(19)32-23/h2-9,14-16H,10-13H2,1H3. The number of carbonyl (C=O) groups excluding carboxylic acids is 2. The van der Waals surface area contributed by atoms with E-state index in [1.54, 1.807) is 36.2 Å². The Balaban J connectivity index is 1.30. The zero-order valence-electron chi connectivity index (χ0n) is 18.0. The average Bonchev–Trinajstić information content (AvgIpc) is 3.53. The van der Waals surface area contributed by atoms with E-state index in [9.17, 15) is 9.59 Å². The second-order valence-corrected chi connectivity index (χ2v) is 9.47. The molecule has 0 atom stereocenters. The summed E-state index contributed by atoms with van der Waals surface area (Å²) in [7, 11) is 1.71. The van der Waals surface area contributed by atoms with Gasteiger partial charge in [-0.15, -0.1) is 11.3 Å². The zero-order valence-corrected chi connectivity index (χ0v) is 19.6. The maximum atomic E-state index is 13.4. The number of rotatable bonds is 4. The molecule has 0 spiro atoms. The Hall–Kier alpha value is -3.16. The first-order chi connectivity index (χ1) is 16.0. The molecule has 0 radical (unpaired) electrons. The van der Waals surface area contributed by atoms with Crippen LogP contribution in [0.25, 0.3) is 11.1 Å². The van der Waals surface area contributed by atoms with Crippen molar-refractivity contribution >= 4 is 51.5 Å². The molecule has 4 aromatic rings. The first kappa shape index (κ1) is 21.7. The van der Waals surface area contributed by atoms with Gasteiger partial charge in [0.15, 0.2) is 11.5 Å². The minimum absolute atomic E-state index is 0.0702. The average molecular weight is 480 g/mol. The highest BCUT2D eigenvalue weighted by Gasteiger charge is 2.29. The van der Waals surface area contributed by atoms with Crippen molar-refractivity contribution in [1.29, 1.82) is 0 Å². The number of thiophene rings is 1. The largest absolute Gasteiger partial charge is 0.440 e. The number of likely N-dealkylation sites (tertiary alicyclic amines) is 1. The maximum Gasteiger partial charge on any atom is 0.268 e. The number of fused-ring (bicyclic) bond motifs is 1. The topological polar surface area (TPSA) is 66.7 Å². The van der Waals surface area contributed by atoms with Crippen LogP contribution in [0.2, 0.25) is 5.02 Å². The van der Waals surface area contributed by atoms with E-state index < -0.39 is 0 Å². The van der Waals surface area contributed by atoms with Crippen molar-refractivity contribution in [3.8, 4) is 0 Å². The van der Waals surface area contributed by atoms with E-state index in [4.69, 9.17) is 16.0 Å². The van der Waals surface area contributed by atoms with Crippen molar-refractivity contribution in [2.75, 3.05) is 25.0 Å². The highest BCUT2D eigenvalue weighted by atomic mass is 35.5. The molecule has 0 unspecified atom stereocenters. The van der Waals surface area contributed by atoms with Crippen LogP contribution in [0, 0.1) is 0 Å². The first-order valence-corrected chi connectivity index (χ1v) is 12.0. The van der Waals surface area contributed by atoms with E-state index >= 15 is 0 Å². The maximum absolute atomic E-state index is 13.4. The predicted octanol–water partition coefficient (Wildman–Crippen LogP) is 5.84. The summed E-state index contributed by atoms with van der Waals surface area (Å²) in [5.74, 6) is 0.652. The van der Waals surface area contributed by atoms with Gasteiger partial charge in [0.2, 0.25) is 0 Å². The fourth-order valence-electron chi connectivity index (χ4n) is 4.21. The molecule has 0 bridgehead atoms. The van der Waals surface area contributed by atoms with Crippen molar-refractivity contribution in [2.45, 2.75) is 18.8 Å². The number of amides is 2. The Morgan fingerprint density at radius 2 is 1.91 bits per heavy atom. The lowest BCUT2D eigenvalue weighted by molar-refractivity contribution is 0.0707. The second-order valence-electron chi connectivity index (χ2n) is 8.09. The molecule has 2 aromatic heterocycles. The third-order valence-corrected chi connectivity index (χ3v) is 7.12. The number of hydrogen-bond donors (Lipinski definition) is 0. The van der Waals surface area contributed by atoms with E-state index in [2.05, 4.69) is 4.98 Å². The summed E-state index contributed by atoms with van der Waals surface area (Å²) in [6.07, 6.45) is 1.52. The second kappa shape index (κ2) is 9.00. The summed E-state index contributed by atoms with van der Waals surface area (Å²) < 4.78 is 5.94. The summed E-state index contributed by atoms with van der Waals surface area (Å²) in [5.41, 5.74) is 2.61. The summed E-state index contributed by atoms with van der Waals surface area (Å²) >= 11 is 7.45. The van der Waals surface area contributed by atoms with Gasteiger partial charge >= 0.3 is 0 Å². The van der Waals surface area contributed by atoms with Crippen molar-refractivity contribution < 1.29 is 14.0 Å². The molecule has 3 heterocycles. The molecular formula is C25H22ClN3O3S. The van der Waals surface area contributed by atoms with Gasteiger partial charge in [-0.1, -0.05) is 29.8 Å². The number of carbonyl (C=O) groups is 2. The van der Waals surface area contributed by atoms with Crippen molar-refractivity contribution in [1.82, 2.24) is 9.88 Å². The molecule has 8 heteroatoms. The predicted molar refractivity (Wildman–Crippen MR) is 130 cm³/mol. The van der Waals surface area contributed by atoms with Gasteiger partial charge < -0.3 is 14.2 Å². The fourth-order valence-corrected chi connectivity index (χ4v) is 5.08. The summed E-state index contributed by atoms with van der Waals surface area (Å²) in [6.45, 7) is 1.19. The van der Waals surface area contributed by atoms with Gasteiger partial charge in [-0.3, -0.25) is 9.59 Å². The fraction of sp³-hybridized carbons (Fsp3) is 0.240. The lowest BCUT2D eigenvalue weighted by Crippen LogP contribution is -2.39. The minimum Gasteiger partial charge on any atom is -0.440 e. The van der Waals surface area contributed by atoms with Gasteiger partial charge in [0, 0.05) is 31.1 Å². The number of benzene rings is 2. The van der Waals surface area contributed by atoms with E-state index in [0.29, 0.717) is 40.1 Å². The number of anilines is 1. The highest BCUT2D eigenvalue weighted by molar-refractivity contribution is 7.12. The van der Waals surface area contributed by atoms with Crippen LogP contribution in [0.3, 0.4) is 0 Å². The van der Waals surface area contributed by atoms with Gasteiger partial charge in [0.25, 0.3) is 11.8 Å². The number of halogens is 1. The quantitative estimate of drug-likeness (QED) is 0.369. The van der Waals surface area contributed by atoms with Crippen LogP contribution in [0.5, 0.6) is 0 Å². The Kier molecular flexibility index (Phi) is 5.91. The van der Waals surface area contributed by atoms with Gasteiger partial charge in [-0.25, -0.2) is 4.98 Å². The van der Waals surface area contributed by atoms with Crippen LogP contribution in [0.1, 0.15) is 44.7 Å². The van der Waals surface area contributed by atoms with Crippen LogP contribution in [-0.2, 0) is 0 Å². The molecule has 0 N–H and O–H groups in total. The number of para-hydroxylation sites is 1. The van der Waals surface area contributed by atoms with Gasteiger partial charge in [0.05, 0.1) is 16.1 Å². The molecule has 1 saturated heterocycles. The molecule has 1 aliphatic rings. The molecule has 0 aliphatic carbocycles. The monoisotopic (exact) mass is 479 g/mol. The van der Waals surface area contributed by atoms with Crippen LogP contribution < -0.4 is 4.90 Å². The Morgan fingerprint density at radius 1 is 1.12 bits per heavy atom. The third-order valence-electron chi connectivity index (χ3n) is 6.03. The molecule has 33 heavy (non-hydrogen) atoms. The number of nitrogens with zero attached hydrogens (tertiary/aromatic N) is 3. The molecular weight excluding hydrogens is 458 g/mol. The Morgan fingerprint density at radius 3 is 2.67 bits per heavy atom. The molecule has 1 fully saturated rings. The molecule has 1 aliphatic heterocycles. The van der Waals surface area contributed by atoms with Gasteiger partial charge in [0.1, 0.15) is 5.52 Å². The van der Waals surface area contributed by atoms with E-state index in [1.807, 2.05) is 40.6 Å². The van der Waals surface area contributed by atoms with Crippen molar-refractivity contribution in [2.24, 2.45) is 0 Å². The smallest absolute Gasteiger partial charge is 0.268 e. The normalized spacial score (nSPS) is 14.5. The highest BCUT2D eigenvalue weighted by Crippen LogP contribution is 2.32. The number of aromatic nitrogens is 1. The van der Waals surface area contributed by atoms with Gasteiger partial charge in [-0.2, -0.15) is 0 Å². The van der Waals surface area contributed by atoms with Crippen molar-refractivity contribution in [3.63, 3.8) is 0 Å². The van der Waals surface area contributed by atoms with E-state index in [0.717, 1.165) is 23.9 Å². The lowest BCUT2D eigenvalue weighted by atomic mass is 9.96. The molecule has 5 rings (SSSR count). The van der Waals surface area contributed by atoms with E-state index in [-0.39, 0.29) is 17.7 Å². The van der Waals surface area contributed by atoms with Crippen molar-refractivity contribution in [3.05, 3.63) is 81.3 Å². The molecule has 168 valence electrons. The molecule has 2 amide bonds. The molecule has 2 aromatic carbocycles. The first-order valence-electron chi connectivity index (χ1n) is 10.8. The SMILES string of the molecule is CN(C(=O)c1cccs1)c1ccccc1C(=O)N1CCC(c2nc3cc(Cl)ccc3o2)CC1. The third kappa shape index (κ3) is 4.26. The lowest BCUT2D eigenvalue weighted by Gasteiger charge is -2.31. The number of hydrogen-bond acceptors (Lipinski definition) is 5. The van der Waals surface area contributed by atoms with Crippen LogP contribution in [0.4, 0.5) is 5.69 Å². The molecule has 6 nitrogen and oxygen atoms in total. The minimum atomic E-state index is -0.125. The number of oxazole rings is 1. The Labute approximate surface area is 200 Å². The summed E-state index contributed by atoms with van der Waals surface area (Å²) in [6, 6.07) is 16.3. The molecule has 0 saturated carbocycles. The van der Waals surface area contributed by atoms with Crippen LogP contribution >= 0.6 is 22.9 Å². The zero-order chi connectivity index (χ0) is 22.9. The van der Waals surface area contributed by atoms with Crippen LogP contribution in [-0.4, -0.2) is 41.8 Å². The summed E-state index contributed by atoms with van der Waals surface area (Å²) in [5, 5.41) is 2.50. The van der Waals surface area contributed by atoms with E-state index in [1.165, 1.54) is 11.3 Å². The Bertz CT molecular complexity index is 1310. The van der Waals surface area contributed by atoms with Gasteiger partial charge in [-0.05, 0) is 54.6 Å².